The monoisotopic (exact) mass is 257 g/mol. The van der Waals surface area contributed by atoms with Crippen LogP contribution in [0, 0.1) is 5.92 Å². The smallest absolute Gasteiger partial charge is 0.149 e. The Bertz CT molecular complexity index is 461. The van der Waals surface area contributed by atoms with Gasteiger partial charge in [-0.1, -0.05) is 37.3 Å². The Morgan fingerprint density at radius 2 is 1.79 bits per heavy atom. The van der Waals surface area contributed by atoms with Crippen molar-refractivity contribution in [1.29, 1.82) is 0 Å². The summed E-state index contributed by atoms with van der Waals surface area (Å²) < 4.78 is 0. The molecule has 0 heterocycles. The first-order valence-corrected chi connectivity index (χ1v) is 6.82. The third kappa shape index (κ3) is 3.37. The van der Waals surface area contributed by atoms with Gasteiger partial charge in [0.25, 0.3) is 0 Å². The Balaban J connectivity index is 2.06. The number of benzene rings is 1. The van der Waals surface area contributed by atoms with Crippen molar-refractivity contribution in [3.8, 4) is 0 Å². The van der Waals surface area contributed by atoms with E-state index in [1.165, 1.54) is 0 Å². The summed E-state index contributed by atoms with van der Waals surface area (Å²) >= 11 is 0. The molecule has 1 saturated carbocycles. The summed E-state index contributed by atoms with van der Waals surface area (Å²) in [5.74, 6) is -0.557. The quantitative estimate of drug-likeness (QED) is 0.615. The molecule has 1 fully saturated rings. The highest BCUT2D eigenvalue weighted by atomic mass is 16.2. The molecule has 0 spiro atoms. The van der Waals surface area contributed by atoms with Crippen molar-refractivity contribution in [2.24, 2.45) is 10.9 Å². The Hall–Kier alpha value is -1.77. The first-order valence-electron chi connectivity index (χ1n) is 6.82. The zero-order valence-corrected chi connectivity index (χ0v) is 11.2. The van der Waals surface area contributed by atoms with E-state index in [1.807, 2.05) is 37.3 Å². The number of ketones is 2. The largest absolute Gasteiger partial charge is 0.298 e. The van der Waals surface area contributed by atoms with Gasteiger partial charge >= 0.3 is 0 Å². The van der Waals surface area contributed by atoms with E-state index < -0.39 is 5.92 Å². The molecule has 0 aromatic heterocycles. The van der Waals surface area contributed by atoms with E-state index in [9.17, 15) is 9.59 Å². The molecule has 0 bridgehead atoms. The van der Waals surface area contributed by atoms with Crippen LogP contribution in [0.5, 0.6) is 0 Å². The second-order valence-electron chi connectivity index (χ2n) is 4.98. The fourth-order valence-corrected chi connectivity index (χ4v) is 2.43. The lowest BCUT2D eigenvalue weighted by atomic mass is 9.77. The van der Waals surface area contributed by atoms with E-state index in [4.69, 9.17) is 0 Å². The highest BCUT2D eigenvalue weighted by molar-refractivity contribution is 6.16. The maximum atomic E-state index is 12.1. The molecule has 1 aromatic rings. The summed E-state index contributed by atoms with van der Waals surface area (Å²) in [5, 5.41) is 0. The van der Waals surface area contributed by atoms with E-state index in [-0.39, 0.29) is 17.5 Å². The van der Waals surface area contributed by atoms with Crippen molar-refractivity contribution in [3.63, 3.8) is 0 Å². The van der Waals surface area contributed by atoms with Crippen LogP contribution in [0.2, 0.25) is 0 Å². The van der Waals surface area contributed by atoms with Gasteiger partial charge in [0, 0.05) is 25.6 Å². The average molecular weight is 257 g/mol. The molecule has 0 unspecified atom stereocenters. The Kier molecular flexibility index (Phi) is 4.61. The molecule has 19 heavy (non-hydrogen) atoms. The van der Waals surface area contributed by atoms with Crippen LogP contribution in [0.1, 0.15) is 37.7 Å². The first-order chi connectivity index (χ1) is 9.22. The van der Waals surface area contributed by atoms with E-state index in [2.05, 4.69) is 4.99 Å². The van der Waals surface area contributed by atoms with E-state index in [1.54, 1.807) is 6.21 Å². The standard InChI is InChI=1S/C16H19NO2/c1-2-8-17-11-14-15(18)9-13(10-16(14)19)12-6-4-3-5-7-12/h3-7,11,13-14H,2,8-10H2,1H3. The number of aliphatic imine (C=N–C) groups is 1. The fraction of sp³-hybridized carbons (Fsp3) is 0.438. The maximum absolute atomic E-state index is 12.1. The molecular formula is C16H19NO2. The van der Waals surface area contributed by atoms with Gasteiger partial charge in [0.15, 0.2) is 0 Å². The number of rotatable bonds is 4. The van der Waals surface area contributed by atoms with Gasteiger partial charge < -0.3 is 0 Å². The second kappa shape index (κ2) is 6.41. The summed E-state index contributed by atoms with van der Waals surface area (Å²) in [6, 6.07) is 9.79. The molecule has 0 radical (unpaired) electrons. The average Bonchev–Trinajstić information content (AvgIpc) is 2.43. The number of carbonyl (C=O) groups is 2. The first kappa shape index (κ1) is 13.7. The summed E-state index contributed by atoms with van der Waals surface area (Å²) in [7, 11) is 0. The van der Waals surface area contributed by atoms with Crippen LogP contribution in [0.15, 0.2) is 35.3 Å². The number of Topliss-reactive ketones (excluding diaryl/α,β-unsaturated/α-hetero) is 2. The van der Waals surface area contributed by atoms with Crippen LogP contribution in [0.3, 0.4) is 0 Å². The Labute approximate surface area is 113 Å². The van der Waals surface area contributed by atoms with Gasteiger partial charge in [-0.3, -0.25) is 14.6 Å². The lowest BCUT2D eigenvalue weighted by Gasteiger charge is -2.24. The zero-order valence-electron chi connectivity index (χ0n) is 11.2. The van der Waals surface area contributed by atoms with Crippen LogP contribution < -0.4 is 0 Å². The van der Waals surface area contributed by atoms with Gasteiger partial charge in [-0.25, -0.2) is 0 Å². The van der Waals surface area contributed by atoms with Crippen LogP contribution in [0.4, 0.5) is 0 Å². The maximum Gasteiger partial charge on any atom is 0.149 e. The molecule has 0 amide bonds. The molecule has 3 nitrogen and oxygen atoms in total. The van der Waals surface area contributed by atoms with Crippen molar-refractivity contribution in [2.75, 3.05) is 6.54 Å². The van der Waals surface area contributed by atoms with Gasteiger partial charge in [0.2, 0.25) is 0 Å². The molecule has 3 heteroatoms. The van der Waals surface area contributed by atoms with Crippen molar-refractivity contribution in [1.82, 2.24) is 0 Å². The van der Waals surface area contributed by atoms with E-state index in [0.717, 1.165) is 12.0 Å². The summed E-state index contributed by atoms with van der Waals surface area (Å²) in [4.78, 5) is 28.3. The minimum atomic E-state index is -0.605. The van der Waals surface area contributed by atoms with Crippen LogP contribution in [-0.4, -0.2) is 24.3 Å². The highest BCUT2D eigenvalue weighted by Gasteiger charge is 2.34. The third-order valence-corrected chi connectivity index (χ3v) is 3.47. The summed E-state index contributed by atoms with van der Waals surface area (Å²) in [6.45, 7) is 2.70. The minimum Gasteiger partial charge on any atom is -0.298 e. The predicted molar refractivity (Wildman–Crippen MR) is 75.6 cm³/mol. The van der Waals surface area contributed by atoms with Gasteiger partial charge in [-0.05, 0) is 17.9 Å². The molecule has 1 aliphatic carbocycles. The number of hydrogen-bond donors (Lipinski definition) is 0. The Morgan fingerprint density at radius 1 is 1.16 bits per heavy atom. The summed E-state index contributed by atoms with van der Waals surface area (Å²) in [6.07, 6.45) is 3.37. The molecular weight excluding hydrogens is 238 g/mol. The molecule has 1 aromatic carbocycles. The van der Waals surface area contributed by atoms with Crippen LogP contribution in [-0.2, 0) is 9.59 Å². The number of hydrogen-bond acceptors (Lipinski definition) is 3. The van der Waals surface area contributed by atoms with Gasteiger partial charge in [0.1, 0.15) is 17.5 Å². The van der Waals surface area contributed by atoms with Crippen molar-refractivity contribution >= 4 is 17.8 Å². The van der Waals surface area contributed by atoms with Crippen LogP contribution in [0.25, 0.3) is 0 Å². The molecule has 2 rings (SSSR count). The van der Waals surface area contributed by atoms with Gasteiger partial charge in [-0.15, -0.1) is 0 Å². The second-order valence-corrected chi connectivity index (χ2v) is 4.98. The molecule has 0 N–H and O–H groups in total. The lowest BCUT2D eigenvalue weighted by Crippen LogP contribution is -2.33. The molecule has 0 aliphatic heterocycles. The number of carbonyl (C=O) groups excluding carboxylic acids is 2. The van der Waals surface area contributed by atoms with Crippen LogP contribution >= 0.6 is 0 Å². The van der Waals surface area contributed by atoms with Crippen molar-refractivity contribution in [2.45, 2.75) is 32.1 Å². The van der Waals surface area contributed by atoms with Gasteiger partial charge in [-0.2, -0.15) is 0 Å². The summed E-state index contributed by atoms with van der Waals surface area (Å²) in [5.41, 5.74) is 1.08. The van der Waals surface area contributed by atoms with E-state index >= 15 is 0 Å². The SMILES string of the molecule is CCCN=CC1C(=O)CC(c2ccccc2)CC1=O. The van der Waals surface area contributed by atoms with E-state index in [0.29, 0.717) is 19.4 Å². The molecule has 0 atom stereocenters. The predicted octanol–water partition coefficient (Wildman–Crippen LogP) is 2.80. The van der Waals surface area contributed by atoms with Crippen molar-refractivity contribution < 1.29 is 9.59 Å². The highest BCUT2D eigenvalue weighted by Crippen LogP contribution is 2.31. The minimum absolute atomic E-state index is 0.00459. The normalized spacial score (nSPS) is 24.1. The molecule has 1 aliphatic rings. The zero-order chi connectivity index (χ0) is 13.7. The Morgan fingerprint density at radius 3 is 2.37 bits per heavy atom. The lowest BCUT2D eigenvalue weighted by molar-refractivity contribution is -0.133. The topological polar surface area (TPSA) is 46.5 Å². The third-order valence-electron chi connectivity index (χ3n) is 3.47. The number of nitrogens with zero attached hydrogens (tertiary/aromatic N) is 1. The molecule has 100 valence electrons. The van der Waals surface area contributed by atoms with Gasteiger partial charge in [0.05, 0.1) is 0 Å². The molecule has 0 saturated heterocycles. The fourth-order valence-electron chi connectivity index (χ4n) is 2.43. The van der Waals surface area contributed by atoms with Crippen molar-refractivity contribution in [3.05, 3.63) is 35.9 Å².